The van der Waals surface area contributed by atoms with Gasteiger partial charge in [-0.05, 0) is 43.5 Å². The van der Waals surface area contributed by atoms with Crippen LogP contribution in [-0.2, 0) is 6.54 Å². The van der Waals surface area contributed by atoms with Gasteiger partial charge in [-0.15, -0.1) is 0 Å². The minimum Gasteiger partial charge on any atom is -0.359 e. The maximum Gasteiger partial charge on any atom is 0.154 e. The van der Waals surface area contributed by atoms with Crippen LogP contribution < -0.4 is 0 Å². The normalized spacial score (nSPS) is 19.2. The van der Waals surface area contributed by atoms with Crippen molar-refractivity contribution in [3.8, 4) is 0 Å². The van der Waals surface area contributed by atoms with Crippen LogP contribution in [0.15, 0.2) is 33.3 Å². The fourth-order valence-corrected chi connectivity index (χ4v) is 3.36. The minimum absolute atomic E-state index is 0.158. The first-order valence-electron chi connectivity index (χ1n) is 7.69. The van der Waals surface area contributed by atoms with Crippen molar-refractivity contribution < 1.29 is 8.91 Å². The van der Waals surface area contributed by atoms with E-state index in [1.54, 1.807) is 6.07 Å². The number of benzene rings is 1. The van der Waals surface area contributed by atoms with Gasteiger partial charge in [0, 0.05) is 22.6 Å². The molecule has 2 heterocycles. The summed E-state index contributed by atoms with van der Waals surface area (Å²) in [5.74, 6) is 1.10. The predicted molar refractivity (Wildman–Crippen MR) is 87.1 cm³/mol. The second kappa shape index (κ2) is 6.50. The number of halogens is 2. The molecule has 0 spiro atoms. The molecule has 2 aromatic rings. The van der Waals surface area contributed by atoms with Gasteiger partial charge in [0.2, 0.25) is 0 Å². The Bertz CT molecular complexity index is 656. The molecule has 1 aliphatic heterocycles. The molecule has 0 aliphatic carbocycles. The van der Waals surface area contributed by atoms with Crippen molar-refractivity contribution >= 4 is 15.9 Å². The number of hydrogen-bond donors (Lipinski definition) is 0. The molecule has 3 nitrogen and oxygen atoms in total. The first kappa shape index (κ1) is 15.7. The Morgan fingerprint density at radius 1 is 1.41 bits per heavy atom. The van der Waals surface area contributed by atoms with Gasteiger partial charge in [-0.3, -0.25) is 4.90 Å². The molecule has 3 rings (SSSR count). The van der Waals surface area contributed by atoms with Crippen molar-refractivity contribution in [2.45, 2.75) is 45.2 Å². The summed E-state index contributed by atoms with van der Waals surface area (Å²) in [5.41, 5.74) is 1.69. The van der Waals surface area contributed by atoms with E-state index in [1.807, 2.05) is 12.1 Å². The van der Waals surface area contributed by atoms with Gasteiger partial charge in [-0.25, -0.2) is 4.39 Å². The second-order valence-corrected chi connectivity index (χ2v) is 7.09. The smallest absolute Gasteiger partial charge is 0.154 e. The van der Waals surface area contributed by atoms with E-state index in [0.717, 1.165) is 35.3 Å². The van der Waals surface area contributed by atoms with Gasteiger partial charge in [0.15, 0.2) is 5.76 Å². The Hall–Kier alpha value is -1.20. The zero-order valence-corrected chi connectivity index (χ0v) is 14.4. The Morgan fingerprint density at radius 2 is 2.23 bits per heavy atom. The third kappa shape index (κ3) is 3.25. The number of likely N-dealkylation sites (tertiary alicyclic amines) is 1. The highest BCUT2D eigenvalue weighted by atomic mass is 79.9. The van der Waals surface area contributed by atoms with Crippen LogP contribution in [-0.4, -0.2) is 16.6 Å². The second-order valence-electron chi connectivity index (χ2n) is 6.17. The fourth-order valence-electron chi connectivity index (χ4n) is 2.95. The largest absolute Gasteiger partial charge is 0.359 e. The summed E-state index contributed by atoms with van der Waals surface area (Å²) in [6.07, 6.45) is 2.13. The number of hydrogen-bond acceptors (Lipinski definition) is 3. The molecule has 5 heteroatoms. The van der Waals surface area contributed by atoms with Crippen molar-refractivity contribution in [2.75, 3.05) is 6.54 Å². The Kier molecular flexibility index (Phi) is 4.64. The molecule has 0 N–H and O–H groups in total. The minimum atomic E-state index is -0.158. The lowest BCUT2D eigenvalue weighted by Crippen LogP contribution is -2.23. The average Bonchev–Trinajstić information content (AvgIpc) is 3.11. The maximum absolute atomic E-state index is 14.0. The van der Waals surface area contributed by atoms with Crippen LogP contribution in [0.3, 0.4) is 0 Å². The van der Waals surface area contributed by atoms with E-state index in [0.29, 0.717) is 18.0 Å². The number of rotatable bonds is 4. The molecule has 1 saturated heterocycles. The van der Waals surface area contributed by atoms with Crippen LogP contribution in [0.5, 0.6) is 0 Å². The summed E-state index contributed by atoms with van der Waals surface area (Å²) in [5, 5.41) is 4.15. The van der Waals surface area contributed by atoms with E-state index in [9.17, 15) is 4.39 Å². The van der Waals surface area contributed by atoms with Gasteiger partial charge in [0.25, 0.3) is 0 Å². The predicted octanol–water partition coefficient (Wildman–Crippen LogP) is 5.04. The SMILES string of the molecule is CC(C)c1cc(C2CCCN2Cc2cc(Br)ccc2F)on1. The summed E-state index contributed by atoms with van der Waals surface area (Å²) in [6.45, 7) is 5.75. The molecule has 1 unspecified atom stereocenters. The van der Waals surface area contributed by atoms with Gasteiger partial charge in [-0.2, -0.15) is 0 Å². The molecular formula is C17H20BrFN2O. The fraction of sp³-hybridized carbons (Fsp3) is 0.471. The van der Waals surface area contributed by atoms with Crippen LogP contribution in [0.4, 0.5) is 4.39 Å². The molecule has 1 aromatic heterocycles. The molecule has 118 valence electrons. The first-order valence-corrected chi connectivity index (χ1v) is 8.48. The van der Waals surface area contributed by atoms with E-state index < -0.39 is 0 Å². The lowest BCUT2D eigenvalue weighted by molar-refractivity contribution is 0.204. The zero-order valence-electron chi connectivity index (χ0n) is 12.9. The van der Waals surface area contributed by atoms with Crippen LogP contribution >= 0.6 is 15.9 Å². The van der Waals surface area contributed by atoms with Crippen molar-refractivity contribution in [3.05, 3.63) is 51.6 Å². The molecule has 1 fully saturated rings. The van der Waals surface area contributed by atoms with Crippen LogP contribution in [0.1, 0.15) is 55.7 Å². The van der Waals surface area contributed by atoms with Gasteiger partial charge in [0.05, 0.1) is 11.7 Å². The molecule has 22 heavy (non-hydrogen) atoms. The van der Waals surface area contributed by atoms with Gasteiger partial charge in [-0.1, -0.05) is 34.9 Å². The van der Waals surface area contributed by atoms with Gasteiger partial charge < -0.3 is 4.52 Å². The standard InChI is InChI=1S/C17H20BrFN2O/c1-11(2)15-9-17(22-20-15)16-4-3-7-21(16)10-12-8-13(18)5-6-14(12)19/h5-6,8-9,11,16H,3-4,7,10H2,1-2H3. The monoisotopic (exact) mass is 366 g/mol. The van der Waals surface area contributed by atoms with E-state index in [4.69, 9.17) is 4.52 Å². The van der Waals surface area contributed by atoms with E-state index in [1.165, 1.54) is 6.07 Å². The van der Waals surface area contributed by atoms with Gasteiger partial charge >= 0.3 is 0 Å². The third-order valence-corrected chi connectivity index (χ3v) is 4.70. The molecule has 1 atom stereocenters. The molecule has 0 bridgehead atoms. The van der Waals surface area contributed by atoms with Crippen LogP contribution in [0.2, 0.25) is 0 Å². The lowest BCUT2D eigenvalue weighted by Gasteiger charge is -2.22. The highest BCUT2D eigenvalue weighted by molar-refractivity contribution is 9.10. The summed E-state index contributed by atoms with van der Waals surface area (Å²) in [4.78, 5) is 2.27. The quantitative estimate of drug-likeness (QED) is 0.759. The molecule has 1 aliphatic rings. The number of aromatic nitrogens is 1. The molecule has 0 saturated carbocycles. The Morgan fingerprint density at radius 3 is 2.95 bits per heavy atom. The van der Waals surface area contributed by atoms with Crippen molar-refractivity contribution in [1.29, 1.82) is 0 Å². The molecular weight excluding hydrogens is 347 g/mol. The zero-order chi connectivity index (χ0) is 15.7. The summed E-state index contributed by atoms with van der Waals surface area (Å²) >= 11 is 3.41. The lowest BCUT2D eigenvalue weighted by atomic mass is 10.1. The van der Waals surface area contributed by atoms with Crippen molar-refractivity contribution in [1.82, 2.24) is 10.1 Å². The highest BCUT2D eigenvalue weighted by Gasteiger charge is 2.30. The van der Waals surface area contributed by atoms with Gasteiger partial charge in [0.1, 0.15) is 5.82 Å². The molecule has 1 aromatic carbocycles. The summed E-state index contributed by atoms with van der Waals surface area (Å²) in [7, 11) is 0. The maximum atomic E-state index is 14.0. The van der Waals surface area contributed by atoms with Crippen molar-refractivity contribution in [3.63, 3.8) is 0 Å². The van der Waals surface area contributed by atoms with E-state index in [2.05, 4.69) is 39.8 Å². The first-order chi connectivity index (χ1) is 10.5. The van der Waals surface area contributed by atoms with Crippen LogP contribution in [0, 0.1) is 5.82 Å². The summed E-state index contributed by atoms with van der Waals surface area (Å²) in [6, 6.07) is 7.33. The average molecular weight is 367 g/mol. The molecule has 0 radical (unpaired) electrons. The topological polar surface area (TPSA) is 29.3 Å². The molecule has 0 amide bonds. The Balaban J connectivity index is 1.79. The van der Waals surface area contributed by atoms with Crippen LogP contribution in [0.25, 0.3) is 0 Å². The van der Waals surface area contributed by atoms with E-state index >= 15 is 0 Å². The van der Waals surface area contributed by atoms with E-state index in [-0.39, 0.29) is 11.9 Å². The summed E-state index contributed by atoms with van der Waals surface area (Å²) < 4.78 is 20.4. The number of nitrogens with zero attached hydrogens (tertiary/aromatic N) is 2. The highest BCUT2D eigenvalue weighted by Crippen LogP contribution is 2.34. The van der Waals surface area contributed by atoms with Crippen molar-refractivity contribution in [2.24, 2.45) is 0 Å². The Labute approximate surface area is 138 Å². The third-order valence-electron chi connectivity index (χ3n) is 4.21.